The number of nitrogens with zero attached hydrogens (tertiary/aromatic N) is 3. The van der Waals surface area contributed by atoms with E-state index in [-0.39, 0.29) is 16.8 Å². The molecule has 0 saturated carbocycles. The van der Waals surface area contributed by atoms with Crippen molar-refractivity contribution >= 4 is 17.5 Å². The molecule has 0 aliphatic rings. The minimum absolute atomic E-state index is 0.216. The Bertz CT molecular complexity index is 617. The van der Waals surface area contributed by atoms with Crippen molar-refractivity contribution in [3.05, 3.63) is 53.1 Å². The van der Waals surface area contributed by atoms with E-state index < -0.39 is 0 Å². The summed E-state index contributed by atoms with van der Waals surface area (Å²) in [6.07, 6.45) is 2.72. The molecule has 21 heavy (non-hydrogen) atoms. The number of aromatic nitrogens is 2. The Morgan fingerprint density at radius 1 is 1.33 bits per heavy atom. The second-order valence-corrected chi connectivity index (χ2v) is 5.00. The van der Waals surface area contributed by atoms with Gasteiger partial charge in [0.1, 0.15) is 23.2 Å². The number of carbonyl (C=O) groups excluding carboxylic acids is 1. The average Bonchev–Trinajstić information content (AvgIpc) is 2.47. The molecule has 0 spiro atoms. The van der Waals surface area contributed by atoms with Gasteiger partial charge in [0.2, 0.25) is 0 Å². The van der Waals surface area contributed by atoms with Gasteiger partial charge in [0.15, 0.2) is 0 Å². The number of hydrogen-bond acceptors (Lipinski definition) is 4. The fraction of sp³-hybridized carbons (Fsp3) is 0.267. The highest BCUT2D eigenvalue weighted by molar-refractivity contribution is 6.29. The van der Waals surface area contributed by atoms with Crippen LogP contribution in [0.4, 0.5) is 0 Å². The summed E-state index contributed by atoms with van der Waals surface area (Å²) in [6, 6.07) is 7.77. The van der Waals surface area contributed by atoms with Crippen molar-refractivity contribution in [2.24, 2.45) is 0 Å². The molecule has 1 aromatic heterocycles. The number of amides is 1. The third kappa shape index (κ3) is 4.43. The Balaban J connectivity index is 1.85. The number of carbonyl (C=O) groups is 1. The summed E-state index contributed by atoms with van der Waals surface area (Å²) in [4.78, 5) is 21.4. The van der Waals surface area contributed by atoms with Crippen LogP contribution in [0.15, 0.2) is 36.7 Å². The van der Waals surface area contributed by atoms with Crippen LogP contribution in [0.5, 0.6) is 5.75 Å². The van der Waals surface area contributed by atoms with Crippen molar-refractivity contribution in [2.75, 3.05) is 20.2 Å². The van der Waals surface area contributed by atoms with Gasteiger partial charge in [-0.3, -0.25) is 4.79 Å². The van der Waals surface area contributed by atoms with Gasteiger partial charge >= 0.3 is 0 Å². The molecule has 1 amide bonds. The predicted octanol–water partition coefficient (Wildman–Crippen LogP) is 2.59. The van der Waals surface area contributed by atoms with E-state index in [2.05, 4.69) is 9.97 Å². The molecule has 0 fully saturated rings. The maximum atomic E-state index is 12.1. The quantitative estimate of drug-likeness (QED) is 0.852. The van der Waals surface area contributed by atoms with E-state index in [9.17, 15) is 4.79 Å². The van der Waals surface area contributed by atoms with Gasteiger partial charge in [0.25, 0.3) is 5.91 Å². The third-order valence-electron chi connectivity index (χ3n) is 2.87. The molecule has 2 rings (SSSR count). The highest BCUT2D eigenvalue weighted by Gasteiger charge is 2.13. The molecule has 0 unspecified atom stereocenters. The zero-order valence-electron chi connectivity index (χ0n) is 11.9. The number of benzene rings is 1. The van der Waals surface area contributed by atoms with E-state index in [0.717, 1.165) is 11.3 Å². The standard InChI is InChI=1S/C15H16ClN3O2/c1-11-4-3-5-12(8-11)21-7-6-19(2)15(20)13-9-18-14(16)10-17-13/h3-5,8-10H,6-7H2,1-2H3. The van der Waals surface area contributed by atoms with E-state index in [1.54, 1.807) is 7.05 Å². The maximum absolute atomic E-state index is 12.1. The van der Waals surface area contributed by atoms with Crippen molar-refractivity contribution in [1.82, 2.24) is 14.9 Å². The lowest BCUT2D eigenvalue weighted by Crippen LogP contribution is -2.31. The number of likely N-dealkylation sites (N-methyl/N-ethyl adjacent to an activating group) is 1. The SMILES string of the molecule is Cc1cccc(OCCN(C)C(=O)c2cnc(Cl)cn2)c1. The second kappa shape index (κ2) is 7.04. The summed E-state index contributed by atoms with van der Waals surface area (Å²) in [5, 5.41) is 0.261. The summed E-state index contributed by atoms with van der Waals surface area (Å²) in [6.45, 7) is 2.87. The lowest BCUT2D eigenvalue weighted by atomic mass is 10.2. The zero-order chi connectivity index (χ0) is 15.2. The molecule has 0 radical (unpaired) electrons. The molecule has 6 heteroatoms. The summed E-state index contributed by atoms with van der Waals surface area (Å²) >= 11 is 5.64. The molecule has 0 aliphatic heterocycles. The van der Waals surface area contributed by atoms with Gasteiger partial charge in [-0.05, 0) is 24.6 Å². The highest BCUT2D eigenvalue weighted by atomic mass is 35.5. The van der Waals surface area contributed by atoms with Crippen molar-refractivity contribution < 1.29 is 9.53 Å². The van der Waals surface area contributed by atoms with Crippen LogP contribution in [0.2, 0.25) is 5.15 Å². The van der Waals surface area contributed by atoms with Crippen molar-refractivity contribution in [3.8, 4) is 5.75 Å². The lowest BCUT2D eigenvalue weighted by molar-refractivity contribution is 0.0767. The Morgan fingerprint density at radius 2 is 2.14 bits per heavy atom. The molecule has 0 saturated heterocycles. The van der Waals surface area contributed by atoms with E-state index >= 15 is 0 Å². The number of halogens is 1. The molecule has 0 aliphatic carbocycles. The van der Waals surface area contributed by atoms with Crippen LogP contribution >= 0.6 is 11.6 Å². The molecule has 0 bridgehead atoms. The Morgan fingerprint density at radius 3 is 2.81 bits per heavy atom. The molecule has 5 nitrogen and oxygen atoms in total. The lowest BCUT2D eigenvalue weighted by Gasteiger charge is -2.17. The average molecular weight is 306 g/mol. The third-order valence-corrected chi connectivity index (χ3v) is 3.07. The van der Waals surface area contributed by atoms with Crippen LogP contribution in [-0.4, -0.2) is 41.0 Å². The van der Waals surface area contributed by atoms with Crippen LogP contribution in [0, 0.1) is 6.92 Å². The predicted molar refractivity (Wildman–Crippen MR) is 80.7 cm³/mol. The number of hydrogen-bond donors (Lipinski definition) is 0. The first-order chi connectivity index (χ1) is 10.1. The van der Waals surface area contributed by atoms with Gasteiger partial charge in [-0.15, -0.1) is 0 Å². The minimum atomic E-state index is -0.216. The number of ether oxygens (including phenoxy) is 1. The fourth-order valence-electron chi connectivity index (χ4n) is 1.73. The first-order valence-electron chi connectivity index (χ1n) is 6.49. The largest absolute Gasteiger partial charge is 0.492 e. The van der Waals surface area contributed by atoms with Crippen molar-refractivity contribution in [3.63, 3.8) is 0 Å². The topological polar surface area (TPSA) is 55.3 Å². The molecular formula is C15H16ClN3O2. The van der Waals surface area contributed by atoms with Gasteiger partial charge in [0.05, 0.1) is 18.9 Å². The molecular weight excluding hydrogens is 290 g/mol. The van der Waals surface area contributed by atoms with Gasteiger partial charge in [0, 0.05) is 7.05 Å². The van der Waals surface area contributed by atoms with E-state index in [1.807, 2.05) is 31.2 Å². The summed E-state index contributed by atoms with van der Waals surface area (Å²) in [7, 11) is 1.69. The first kappa shape index (κ1) is 15.3. The molecule has 1 heterocycles. The molecule has 0 atom stereocenters. The normalized spacial score (nSPS) is 10.2. The molecule has 1 aromatic carbocycles. The first-order valence-corrected chi connectivity index (χ1v) is 6.86. The summed E-state index contributed by atoms with van der Waals surface area (Å²) < 4.78 is 5.61. The Kier molecular flexibility index (Phi) is 5.11. The molecule has 110 valence electrons. The number of rotatable bonds is 5. The van der Waals surface area contributed by atoms with Crippen LogP contribution in [0.3, 0.4) is 0 Å². The smallest absolute Gasteiger partial charge is 0.273 e. The monoisotopic (exact) mass is 305 g/mol. The van der Waals surface area contributed by atoms with E-state index in [0.29, 0.717) is 13.2 Å². The maximum Gasteiger partial charge on any atom is 0.273 e. The van der Waals surface area contributed by atoms with Gasteiger partial charge in [-0.1, -0.05) is 23.7 Å². The molecule has 0 N–H and O–H groups in total. The Labute approximate surface area is 128 Å². The van der Waals surface area contributed by atoms with Gasteiger partial charge < -0.3 is 9.64 Å². The Hall–Kier alpha value is -2.14. The van der Waals surface area contributed by atoms with Gasteiger partial charge in [-0.2, -0.15) is 0 Å². The fourth-order valence-corrected chi connectivity index (χ4v) is 1.82. The van der Waals surface area contributed by atoms with Crippen LogP contribution in [0.1, 0.15) is 16.1 Å². The van der Waals surface area contributed by atoms with Gasteiger partial charge in [-0.25, -0.2) is 9.97 Å². The van der Waals surface area contributed by atoms with Crippen LogP contribution in [-0.2, 0) is 0 Å². The summed E-state index contributed by atoms with van der Waals surface area (Å²) in [5.41, 5.74) is 1.39. The zero-order valence-corrected chi connectivity index (χ0v) is 12.7. The van der Waals surface area contributed by atoms with E-state index in [1.165, 1.54) is 17.3 Å². The van der Waals surface area contributed by atoms with E-state index in [4.69, 9.17) is 16.3 Å². The van der Waals surface area contributed by atoms with Crippen LogP contribution in [0.25, 0.3) is 0 Å². The highest BCUT2D eigenvalue weighted by Crippen LogP contribution is 2.12. The second-order valence-electron chi connectivity index (χ2n) is 4.62. The van der Waals surface area contributed by atoms with Crippen molar-refractivity contribution in [2.45, 2.75) is 6.92 Å². The van der Waals surface area contributed by atoms with Crippen LogP contribution < -0.4 is 4.74 Å². The summed E-state index contributed by atoms with van der Waals surface area (Å²) in [5.74, 6) is 0.578. The van der Waals surface area contributed by atoms with Crippen molar-refractivity contribution in [1.29, 1.82) is 0 Å². The minimum Gasteiger partial charge on any atom is -0.492 e. The molecule has 2 aromatic rings. The number of aryl methyl sites for hydroxylation is 1.